The predicted molar refractivity (Wildman–Crippen MR) is 83.2 cm³/mol. The van der Waals surface area contributed by atoms with Crippen molar-refractivity contribution in [2.24, 2.45) is 5.73 Å². The third kappa shape index (κ3) is 3.52. The van der Waals surface area contributed by atoms with Gasteiger partial charge in [-0.1, -0.05) is 6.07 Å². The number of thioether (sulfide) groups is 1. The molecule has 0 aromatic heterocycles. The van der Waals surface area contributed by atoms with Crippen molar-refractivity contribution in [3.63, 3.8) is 0 Å². The molecule has 0 aliphatic carbocycles. The summed E-state index contributed by atoms with van der Waals surface area (Å²) in [6.07, 6.45) is 4.09. The van der Waals surface area contributed by atoms with Gasteiger partial charge in [-0.3, -0.25) is 0 Å². The number of hydrogen-bond donors (Lipinski definition) is 1. The SMILES string of the molecule is NCc1ccc(OC2CCOC3(CCSCC3)C2)cc1F. The van der Waals surface area contributed by atoms with E-state index in [1.54, 1.807) is 6.07 Å². The highest BCUT2D eigenvalue weighted by Crippen LogP contribution is 2.38. The van der Waals surface area contributed by atoms with Gasteiger partial charge in [0.25, 0.3) is 0 Å². The Labute approximate surface area is 129 Å². The van der Waals surface area contributed by atoms with Crippen LogP contribution in [0.15, 0.2) is 18.2 Å². The molecule has 2 aliphatic rings. The Balaban J connectivity index is 1.65. The fourth-order valence-corrected chi connectivity index (χ4v) is 4.37. The highest BCUT2D eigenvalue weighted by atomic mass is 32.2. The van der Waals surface area contributed by atoms with E-state index in [4.69, 9.17) is 15.2 Å². The smallest absolute Gasteiger partial charge is 0.131 e. The second-order valence-corrected chi connectivity index (χ2v) is 7.06. The van der Waals surface area contributed by atoms with Crippen LogP contribution in [-0.2, 0) is 11.3 Å². The summed E-state index contributed by atoms with van der Waals surface area (Å²) in [6, 6.07) is 4.96. The quantitative estimate of drug-likeness (QED) is 0.931. The molecule has 2 saturated heterocycles. The molecule has 116 valence electrons. The van der Waals surface area contributed by atoms with Crippen LogP contribution in [0.2, 0.25) is 0 Å². The van der Waals surface area contributed by atoms with Crippen LogP contribution in [0.5, 0.6) is 5.75 Å². The van der Waals surface area contributed by atoms with Crippen molar-refractivity contribution in [1.82, 2.24) is 0 Å². The van der Waals surface area contributed by atoms with E-state index in [9.17, 15) is 4.39 Å². The van der Waals surface area contributed by atoms with E-state index in [1.807, 2.05) is 17.8 Å². The van der Waals surface area contributed by atoms with E-state index in [-0.39, 0.29) is 24.1 Å². The number of ether oxygens (including phenoxy) is 2. The molecule has 5 heteroatoms. The number of nitrogens with two attached hydrogens (primary N) is 1. The van der Waals surface area contributed by atoms with E-state index >= 15 is 0 Å². The second kappa shape index (κ2) is 6.55. The van der Waals surface area contributed by atoms with Crippen LogP contribution in [0, 0.1) is 5.82 Å². The van der Waals surface area contributed by atoms with Gasteiger partial charge >= 0.3 is 0 Å². The summed E-state index contributed by atoms with van der Waals surface area (Å²) in [5.41, 5.74) is 5.99. The maximum absolute atomic E-state index is 13.8. The van der Waals surface area contributed by atoms with E-state index < -0.39 is 0 Å². The van der Waals surface area contributed by atoms with Crippen LogP contribution in [0.1, 0.15) is 31.2 Å². The van der Waals surface area contributed by atoms with Gasteiger partial charge in [0.2, 0.25) is 0 Å². The van der Waals surface area contributed by atoms with Gasteiger partial charge in [-0.25, -0.2) is 4.39 Å². The van der Waals surface area contributed by atoms with Gasteiger partial charge in [0.15, 0.2) is 0 Å². The lowest BCUT2D eigenvalue weighted by Gasteiger charge is -2.43. The zero-order valence-electron chi connectivity index (χ0n) is 12.1. The van der Waals surface area contributed by atoms with Crippen LogP contribution in [0.4, 0.5) is 4.39 Å². The number of benzene rings is 1. The summed E-state index contributed by atoms with van der Waals surface area (Å²) in [6.45, 7) is 0.947. The van der Waals surface area contributed by atoms with Crippen molar-refractivity contribution in [2.75, 3.05) is 18.1 Å². The highest BCUT2D eigenvalue weighted by molar-refractivity contribution is 7.99. The van der Waals surface area contributed by atoms with E-state index in [0.29, 0.717) is 11.3 Å². The Morgan fingerprint density at radius 3 is 2.90 bits per heavy atom. The number of halogens is 1. The molecule has 1 spiro atoms. The molecule has 2 heterocycles. The Kier molecular flexibility index (Phi) is 4.72. The fourth-order valence-electron chi connectivity index (χ4n) is 3.13. The van der Waals surface area contributed by atoms with Crippen molar-refractivity contribution in [3.05, 3.63) is 29.6 Å². The summed E-state index contributed by atoms with van der Waals surface area (Å²) in [7, 11) is 0. The van der Waals surface area contributed by atoms with Crippen molar-refractivity contribution in [1.29, 1.82) is 0 Å². The van der Waals surface area contributed by atoms with Crippen molar-refractivity contribution >= 4 is 11.8 Å². The first-order valence-electron chi connectivity index (χ1n) is 7.58. The second-order valence-electron chi connectivity index (χ2n) is 5.83. The van der Waals surface area contributed by atoms with Crippen LogP contribution in [-0.4, -0.2) is 29.8 Å². The summed E-state index contributed by atoms with van der Waals surface area (Å²) in [5.74, 6) is 2.63. The maximum Gasteiger partial charge on any atom is 0.131 e. The van der Waals surface area contributed by atoms with E-state index in [2.05, 4.69) is 0 Å². The minimum atomic E-state index is -0.286. The van der Waals surface area contributed by atoms with Gasteiger partial charge in [-0.2, -0.15) is 11.8 Å². The lowest BCUT2D eigenvalue weighted by molar-refractivity contribution is -0.116. The molecule has 2 fully saturated rings. The molecule has 21 heavy (non-hydrogen) atoms. The average molecular weight is 311 g/mol. The summed E-state index contributed by atoms with van der Waals surface area (Å²) >= 11 is 1.99. The van der Waals surface area contributed by atoms with Crippen LogP contribution >= 0.6 is 11.8 Å². The van der Waals surface area contributed by atoms with Gasteiger partial charge in [0.05, 0.1) is 12.2 Å². The molecule has 1 aromatic rings. The van der Waals surface area contributed by atoms with Gasteiger partial charge < -0.3 is 15.2 Å². The third-order valence-corrected chi connectivity index (χ3v) is 5.38. The molecular weight excluding hydrogens is 289 g/mol. The minimum absolute atomic E-state index is 0.0100. The van der Waals surface area contributed by atoms with Crippen LogP contribution < -0.4 is 10.5 Å². The van der Waals surface area contributed by atoms with Crippen LogP contribution in [0.3, 0.4) is 0 Å². The first kappa shape index (κ1) is 15.1. The lowest BCUT2D eigenvalue weighted by Crippen LogP contribution is -2.46. The maximum atomic E-state index is 13.8. The van der Waals surface area contributed by atoms with Gasteiger partial charge in [0, 0.05) is 31.0 Å². The fraction of sp³-hybridized carbons (Fsp3) is 0.625. The first-order valence-corrected chi connectivity index (χ1v) is 8.73. The summed E-state index contributed by atoms with van der Waals surface area (Å²) in [4.78, 5) is 0. The molecular formula is C16H22FNO2S. The predicted octanol–water partition coefficient (Wildman–Crippen LogP) is 3.11. The zero-order valence-corrected chi connectivity index (χ0v) is 13.0. The first-order chi connectivity index (χ1) is 10.2. The molecule has 3 rings (SSSR count). The molecule has 2 aliphatic heterocycles. The van der Waals surface area contributed by atoms with Crippen molar-refractivity contribution < 1.29 is 13.9 Å². The topological polar surface area (TPSA) is 44.5 Å². The normalized spacial score (nSPS) is 25.0. The Morgan fingerprint density at radius 2 is 2.19 bits per heavy atom. The van der Waals surface area contributed by atoms with Crippen molar-refractivity contribution in [2.45, 2.75) is 43.9 Å². The van der Waals surface area contributed by atoms with Gasteiger partial charge in [-0.05, 0) is 30.4 Å². The Morgan fingerprint density at radius 1 is 1.38 bits per heavy atom. The van der Waals surface area contributed by atoms with E-state index in [0.717, 1.165) is 43.8 Å². The summed E-state index contributed by atoms with van der Waals surface area (Å²) in [5, 5.41) is 0. The minimum Gasteiger partial charge on any atom is -0.490 e. The molecule has 0 amide bonds. The largest absolute Gasteiger partial charge is 0.490 e. The summed E-state index contributed by atoms with van der Waals surface area (Å²) < 4.78 is 25.8. The molecule has 0 bridgehead atoms. The highest BCUT2D eigenvalue weighted by Gasteiger charge is 2.39. The van der Waals surface area contributed by atoms with Gasteiger partial charge in [0.1, 0.15) is 17.7 Å². The molecule has 1 aromatic carbocycles. The average Bonchev–Trinajstić information content (AvgIpc) is 2.48. The Hall–Kier alpha value is -0.780. The van der Waals surface area contributed by atoms with Crippen molar-refractivity contribution in [3.8, 4) is 5.75 Å². The molecule has 1 unspecified atom stereocenters. The van der Waals surface area contributed by atoms with Gasteiger partial charge in [-0.15, -0.1) is 0 Å². The van der Waals surface area contributed by atoms with Crippen LogP contribution in [0.25, 0.3) is 0 Å². The molecule has 1 atom stereocenters. The molecule has 3 nitrogen and oxygen atoms in total. The third-order valence-electron chi connectivity index (χ3n) is 4.40. The number of rotatable bonds is 3. The molecule has 0 saturated carbocycles. The zero-order chi connectivity index (χ0) is 14.7. The monoisotopic (exact) mass is 311 g/mol. The molecule has 0 radical (unpaired) electrons. The molecule has 2 N–H and O–H groups in total. The van der Waals surface area contributed by atoms with E-state index in [1.165, 1.54) is 6.07 Å². The lowest BCUT2D eigenvalue weighted by atomic mass is 9.86. The Bertz CT molecular complexity index is 486. The number of hydrogen-bond acceptors (Lipinski definition) is 4. The standard InChI is InChI=1S/C16H22FNO2S/c17-15-9-13(2-1-12(15)11-18)20-14-3-6-19-16(10-14)4-7-21-8-5-16/h1-2,9,14H,3-8,10-11,18H2.